The van der Waals surface area contributed by atoms with Gasteiger partial charge in [0.25, 0.3) is 5.91 Å². The van der Waals surface area contributed by atoms with E-state index >= 15 is 0 Å². The van der Waals surface area contributed by atoms with Gasteiger partial charge in [-0.3, -0.25) is 4.79 Å². The molecule has 0 atom stereocenters. The number of anilines is 1. The second-order valence-electron chi connectivity index (χ2n) is 5.75. The highest BCUT2D eigenvalue weighted by Crippen LogP contribution is 2.26. The molecule has 0 saturated carbocycles. The summed E-state index contributed by atoms with van der Waals surface area (Å²) in [5.74, 6) is 1.08. The second-order valence-corrected chi connectivity index (χ2v) is 5.75. The van der Waals surface area contributed by atoms with Crippen molar-refractivity contribution in [2.75, 3.05) is 5.32 Å². The summed E-state index contributed by atoms with van der Waals surface area (Å²) in [4.78, 5) is 27.5. The molecule has 1 heterocycles. The van der Waals surface area contributed by atoms with Crippen molar-refractivity contribution in [3.63, 3.8) is 0 Å². The van der Waals surface area contributed by atoms with E-state index in [-0.39, 0.29) is 6.03 Å². The third-order valence-electron chi connectivity index (χ3n) is 3.82. The molecule has 0 unspecified atom stereocenters. The number of rotatable bonds is 6. The number of hydrogen-bond donors (Lipinski definition) is 3. The summed E-state index contributed by atoms with van der Waals surface area (Å²) in [7, 11) is 1.86. The Labute approximate surface area is 156 Å². The lowest BCUT2D eigenvalue weighted by Crippen LogP contribution is -2.29. The number of amides is 3. The largest absolute Gasteiger partial charge is 0.457 e. The molecule has 0 aliphatic carbocycles. The smallest absolute Gasteiger partial charge is 0.319 e. The van der Waals surface area contributed by atoms with Crippen LogP contribution in [0.3, 0.4) is 0 Å². The van der Waals surface area contributed by atoms with Crippen LogP contribution in [0.1, 0.15) is 16.2 Å². The molecule has 138 valence electrons. The van der Waals surface area contributed by atoms with E-state index in [2.05, 4.69) is 15.6 Å². The number of aryl methyl sites for hydroxylation is 1. The molecule has 4 N–H and O–H groups in total. The Morgan fingerprint density at radius 1 is 1.15 bits per heavy atom. The average molecular weight is 365 g/mol. The van der Waals surface area contributed by atoms with Crippen molar-refractivity contribution in [3.05, 3.63) is 72.3 Å². The van der Waals surface area contributed by atoms with E-state index in [4.69, 9.17) is 10.5 Å². The van der Waals surface area contributed by atoms with Crippen molar-refractivity contribution in [3.8, 4) is 11.5 Å². The van der Waals surface area contributed by atoms with Gasteiger partial charge in [0.1, 0.15) is 17.3 Å². The third-order valence-corrected chi connectivity index (χ3v) is 3.82. The van der Waals surface area contributed by atoms with E-state index in [0.717, 1.165) is 5.82 Å². The number of nitrogens with two attached hydrogens (primary N) is 1. The van der Waals surface area contributed by atoms with Gasteiger partial charge in [0, 0.05) is 25.1 Å². The molecule has 1 aromatic heterocycles. The van der Waals surface area contributed by atoms with Crippen LogP contribution in [0.4, 0.5) is 10.5 Å². The van der Waals surface area contributed by atoms with E-state index in [1.54, 1.807) is 54.7 Å². The summed E-state index contributed by atoms with van der Waals surface area (Å²) in [5, 5.41) is 5.46. The predicted octanol–water partition coefficient (Wildman–Crippen LogP) is 2.63. The van der Waals surface area contributed by atoms with E-state index in [1.807, 2.05) is 17.8 Å². The Morgan fingerprint density at radius 3 is 2.56 bits per heavy atom. The Bertz CT molecular complexity index is 950. The molecule has 2 aromatic carbocycles. The third kappa shape index (κ3) is 4.63. The normalized spacial score (nSPS) is 10.3. The first-order valence-corrected chi connectivity index (χ1v) is 8.21. The molecule has 0 bridgehead atoms. The number of primary amides is 1. The van der Waals surface area contributed by atoms with Crippen LogP contribution in [0, 0.1) is 0 Å². The molecule has 27 heavy (non-hydrogen) atoms. The molecule has 0 spiro atoms. The highest BCUT2D eigenvalue weighted by Gasteiger charge is 2.09. The summed E-state index contributed by atoms with van der Waals surface area (Å²) in [5.41, 5.74) is 6.24. The Kier molecular flexibility index (Phi) is 5.36. The maximum absolute atomic E-state index is 12.0. The highest BCUT2D eigenvalue weighted by atomic mass is 16.5. The summed E-state index contributed by atoms with van der Waals surface area (Å²) in [6.45, 7) is 0.320. The van der Waals surface area contributed by atoms with Crippen LogP contribution in [-0.2, 0) is 13.6 Å². The van der Waals surface area contributed by atoms with Gasteiger partial charge < -0.3 is 25.7 Å². The summed E-state index contributed by atoms with van der Waals surface area (Å²) >= 11 is 0. The second kappa shape index (κ2) is 8.05. The molecule has 3 aromatic rings. The van der Waals surface area contributed by atoms with Crippen LogP contribution in [0.5, 0.6) is 11.5 Å². The van der Waals surface area contributed by atoms with Gasteiger partial charge in [0.15, 0.2) is 0 Å². The molecule has 3 rings (SSSR count). The highest BCUT2D eigenvalue weighted by molar-refractivity contribution is 5.95. The minimum Gasteiger partial charge on any atom is -0.457 e. The van der Waals surface area contributed by atoms with Crippen LogP contribution in [-0.4, -0.2) is 21.5 Å². The molecular weight excluding hydrogens is 346 g/mol. The van der Waals surface area contributed by atoms with E-state index in [9.17, 15) is 9.59 Å². The first-order chi connectivity index (χ1) is 13.0. The maximum Gasteiger partial charge on any atom is 0.319 e. The molecule has 0 aliphatic rings. The number of hydrogen-bond acceptors (Lipinski definition) is 4. The number of carbonyl (C=O) groups excluding carboxylic acids is 2. The first-order valence-electron chi connectivity index (χ1n) is 8.21. The van der Waals surface area contributed by atoms with Crippen molar-refractivity contribution in [2.45, 2.75) is 6.54 Å². The Hall–Kier alpha value is -3.81. The van der Waals surface area contributed by atoms with Gasteiger partial charge in [-0.05, 0) is 36.4 Å². The monoisotopic (exact) mass is 365 g/mol. The zero-order valence-electron chi connectivity index (χ0n) is 14.7. The van der Waals surface area contributed by atoms with Crippen molar-refractivity contribution in [1.82, 2.24) is 14.9 Å². The number of nitrogens with one attached hydrogen (secondary N) is 2. The fraction of sp³-hybridized carbons (Fsp3) is 0.105. The predicted molar refractivity (Wildman–Crippen MR) is 101 cm³/mol. The van der Waals surface area contributed by atoms with Gasteiger partial charge in [-0.1, -0.05) is 12.1 Å². The van der Waals surface area contributed by atoms with Crippen LogP contribution in [0.25, 0.3) is 0 Å². The molecular formula is C19H19N5O3. The minimum absolute atomic E-state index is 0.299. The van der Waals surface area contributed by atoms with Crippen LogP contribution >= 0.6 is 0 Å². The summed E-state index contributed by atoms with van der Waals surface area (Å²) < 4.78 is 7.53. The molecule has 0 saturated heterocycles. The molecule has 0 radical (unpaired) electrons. The zero-order chi connectivity index (χ0) is 19.2. The number of imidazole rings is 1. The Morgan fingerprint density at radius 2 is 1.89 bits per heavy atom. The zero-order valence-corrected chi connectivity index (χ0v) is 14.7. The van der Waals surface area contributed by atoms with Gasteiger partial charge in [-0.25, -0.2) is 9.78 Å². The molecule has 3 amide bonds. The van der Waals surface area contributed by atoms with Gasteiger partial charge in [0.2, 0.25) is 0 Å². The standard InChI is InChI=1S/C19H19N5O3/c1-24-11-10-21-17(24)12-22-19(26)23-13-6-8-14(9-7-13)27-16-5-3-2-4-15(16)18(20)25/h2-11H,12H2,1H3,(H2,20,25)(H2,22,23,26). The lowest BCUT2D eigenvalue weighted by molar-refractivity contribution is 0.0998. The molecule has 8 heteroatoms. The number of nitrogens with zero attached hydrogens (tertiary/aromatic N) is 2. The van der Waals surface area contributed by atoms with Gasteiger partial charge in [0.05, 0.1) is 12.1 Å². The SMILES string of the molecule is Cn1ccnc1CNC(=O)Nc1ccc(Oc2ccccc2C(N)=O)cc1. The maximum atomic E-state index is 12.0. The number of benzene rings is 2. The van der Waals surface area contributed by atoms with Crippen LogP contribution in [0.2, 0.25) is 0 Å². The lowest BCUT2D eigenvalue weighted by atomic mass is 10.2. The van der Waals surface area contributed by atoms with E-state index in [1.165, 1.54) is 0 Å². The van der Waals surface area contributed by atoms with Crippen molar-refractivity contribution < 1.29 is 14.3 Å². The first kappa shape index (κ1) is 18.0. The number of aromatic nitrogens is 2. The summed E-state index contributed by atoms with van der Waals surface area (Å²) in [6, 6.07) is 13.2. The molecule has 8 nitrogen and oxygen atoms in total. The average Bonchev–Trinajstić information content (AvgIpc) is 3.07. The number of carbonyl (C=O) groups is 2. The van der Waals surface area contributed by atoms with Gasteiger partial charge in [-0.15, -0.1) is 0 Å². The topological polar surface area (TPSA) is 111 Å². The minimum atomic E-state index is -0.562. The fourth-order valence-corrected chi connectivity index (χ4v) is 2.39. The van der Waals surface area contributed by atoms with Crippen molar-refractivity contribution in [1.29, 1.82) is 0 Å². The lowest BCUT2D eigenvalue weighted by Gasteiger charge is -2.11. The summed E-state index contributed by atoms with van der Waals surface area (Å²) in [6.07, 6.45) is 3.48. The van der Waals surface area contributed by atoms with Crippen molar-refractivity contribution >= 4 is 17.6 Å². The fourth-order valence-electron chi connectivity index (χ4n) is 2.39. The number of para-hydroxylation sites is 1. The molecule has 0 fully saturated rings. The Balaban J connectivity index is 1.58. The quantitative estimate of drug-likeness (QED) is 0.623. The van der Waals surface area contributed by atoms with Crippen LogP contribution in [0.15, 0.2) is 60.9 Å². The molecule has 0 aliphatic heterocycles. The number of urea groups is 1. The van der Waals surface area contributed by atoms with E-state index in [0.29, 0.717) is 29.3 Å². The van der Waals surface area contributed by atoms with Crippen molar-refractivity contribution in [2.24, 2.45) is 12.8 Å². The van der Waals surface area contributed by atoms with Gasteiger partial charge in [-0.2, -0.15) is 0 Å². The van der Waals surface area contributed by atoms with Gasteiger partial charge >= 0.3 is 6.03 Å². The van der Waals surface area contributed by atoms with E-state index < -0.39 is 5.91 Å². The number of ether oxygens (including phenoxy) is 1. The van der Waals surface area contributed by atoms with Crippen LogP contribution < -0.4 is 21.1 Å².